The number of aryl methyl sites for hydroxylation is 2. The van der Waals surface area contributed by atoms with Crippen LogP contribution in [0, 0.1) is 13.8 Å². The van der Waals surface area contributed by atoms with Crippen molar-refractivity contribution in [1.29, 1.82) is 0 Å². The lowest BCUT2D eigenvalue weighted by Gasteiger charge is -2.19. The number of hydrazine groups is 1. The maximum Gasteiger partial charge on any atom is 0.0500 e. The van der Waals surface area contributed by atoms with Crippen molar-refractivity contribution in [1.82, 2.24) is 5.43 Å². The van der Waals surface area contributed by atoms with Gasteiger partial charge in [0.25, 0.3) is 0 Å². The van der Waals surface area contributed by atoms with Gasteiger partial charge >= 0.3 is 0 Å². The van der Waals surface area contributed by atoms with Gasteiger partial charge in [-0.2, -0.15) is 0 Å². The van der Waals surface area contributed by atoms with Crippen LogP contribution in [0.25, 0.3) is 0 Å². The fraction of sp³-hybridized carbons (Fsp3) is 0.333. The number of anilines is 1. The average Bonchev–Trinajstić information content (AvgIpc) is 2.48. The lowest BCUT2D eigenvalue weighted by Crippen LogP contribution is -2.29. The largest absolute Gasteiger partial charge is 0.378 e. The first-order valence-electron chi connectivity index (χ1n) is 7.31. The highest BCUT2D eigenvalue weighted by Gasteiger charge is 2.12. The van der Waals surface area contributed by atoms with Crippen LogP contribution in [0.4, 0.5) is 5.69 Å². The summed E-state index contributed by atoms with van der Waals surface area (Å²) >= 11 is 0. The van der Waals surface area contributed by atoms with Gasteiger partial charge in [0.15, 0.2) is 0 Å². The van der Waals surface area contributed by atoms with E-state index >= 15 is 0 Å². The van der Waals surface area contributed by atoms with Crippen LogP contribution in [0.1, 0.15) is 28.3 Å². The predicted octanol–water partition coefficient (Wildman–Crippen LogP) is 3.12. The number of rotatable bonds is 5. The maximum absolute atomic E-state index is 5.78. The van der Waals surface area contributed by atoms with Crippen molar-refractivity contribution in [3.05, 3.63) is 64.7 Å². The van der Waals surface area contributed by atoms with E-state index in [2.05, 4.69) is 66.6 Å². The van der Waals surface area contributed by atoms with Crippen LogP contribution < -0.4 is 16.2 Å². The summed E-state index contributed by atoms with van der Waals surface area (Å²) in [4.78, 5) is 2.10. The van der Waals surface area contributed by atoms with E-state index in [1.165, 1.54) is 27.9 Å². The SMILES string of the molecule is Cc1ccc(C)c(CC(NN)c2ccc(N(C)C)cc2)c1. The quantitative estimate of drug-likeness (QED) is 0.654. The third-order valence-electron chi connectivity index (χ3n) is 3.94. The van der Waals surface area contributed by atoms with Crippen molar-refractivity contribution in [2.75, 3.05) is 19.0 Å². The number of nitrogens with one attached hydrogen (secondary N) is 1. The summed E-state index contributed by atoms with van der Waals surface area (Å²) in [5.41, 5.74) is 9.30. The standard InChI is InChI=1S/C18H25N3/c1-13-5-6-14(2)16(11-13)12-18(20-19)15-7-9-17(10-8-15)21(3)4/h5-11,18,20H,12,19H2,1-4H3. The molecule has 1 atom stereocenters. The third-order valence-corrected chi connectivity index (χ3v) is 3.94. The monoisotopic (exact) mass is 283 g/mol. The summed E-state index contributed by atoms with van der Waals surface area (Å²) in [5.74, 6) is 5.78. The highest BCUT2D eigenvalue weighted by Crippen LogP contribution is 2.23. The van der Waals surface area contributed by atoms with E-state index < -0.39 is 0 Å². The van der Waals surface area contributed by atoms with E-state index in [0.717, 1.165) is 6.42 Å². The van der Waals surface area contributed by atoms with Crippen LogP contribution in [-0.2, 0) is 6.42 Å². The first-order valence-corrected chi connectivity index (χ1v) is 7.31. The number of hydrogen-bond donors (Lipinski definition) is 2. The van der Waals surface area contributed by atoms with Gasteiger partial charge in [-0.1, -0.05) is 35.9 Å². The van der Waals surface area contributed by atoms with Crippen molar-refractivity contribution in [2.45, 2.75) is 26.3 Å². The fourth-order valence-corrected chi connectivity index (χ4v) is 2.52. The van der Waals surface area contributed by atoms with Crippen LogP contribution >= 0.6 is 0 Å². The first kappa shape index (κ1) is 15.5. The molecule has 0 radical (unpaired) electrons. The molecular formula is C18H25N3. The Bertz CT molecular complexity index is 588. The molecule has 2 aromatic carbocycles. The summed E-state index contributed by atoms with van der Waals surface area (Å²) in [6.07, 6.45) is 0.894. The van der Waals surface area contributed by atoms with Crippen molar-refractivity contribution >= 4 is 5.69 Å². The topological polar surface area (TPSA) is 41.3 Å². The molecule has 0 bridgehead atoms. The van der Waals surface area contributed by atoms with Gasteiger partial charge in [0.05, 0.1) is 0 Å². The van der Waals surface area contributed by atoms with E-state index in [1.807, 2.05) is 14.1 Å². The average molecular weight is 283 g/mol. The molecule has 0 aliphatic rings. The second-order valence-electron chi connectivity index (χ2n) is 5.84. The van der Waals surface area contributed by atoms with Crippen molar-refractivity contribution in [3.63, 3.8) is 0 Å². The van der Waals surface area contributed by atoms with Gasteiger partial charge in [0, 0.05) is 25.8 Å². The molecule has 0 saturated heterocycles. The van der Waals surface area contributed by atoms with Crippen LogP contribution in [-0.4, -0.2) is 14.1 Å². The van der Waals surface area contributed by atoms with Gasteiger partial charge in [-0.05, 0) is 49.1 Å². The minimum atomic E-state index is 0.127. The lowest BCUT2D eigenvalue weighted by atomic mass is 9.95. The highest BCUT2D eigenvalue weighted by molar-refractivity contribution is 5.46. The zero-order chi connectivity index (χ0) is 15.4. The summed E-state index contributed by atoms with van der Waals surface area (Å²) in [5, 5.41) is 0. The van der Waals surface area contributed by atoms with E-state index in [0.29, 0.717) is 0 Å². The molecule has 0 spiro atoms. The molecule has 0 saturated carbocycles. The van der Waals surface area contributed by atoms with Gasteiger partial charge in [-0.25, -0.2) is 0 Å². The van der Waals surface area contributed by atoms with E-state index in [1.54, 1.807) is 0 Å². The van der Waals surface area contributed by atoms with Crippen LogP contribution in [0.5, 0.6) is 0 Å². The van der Waals surface area contributed by atoms with Crippen LogP contribution in [0.15, 0.2) is 42.5 Å². The molecule has 3 N–H and O–H groups in total. The Balaban J connectivity index is 2.21. The zero-order valence-corrected chi connectivity index (χ0v) is 13.4. The Labute approximate surface area is 127 Å². The minimum absolute atomic E-state index is 0.127. The Morgan fingerprint density at radius 1 is 1.05 bits per heavy atom. The summed E-state index contributed by atoms with van der Waals surface area (Å²) < 4.78 is 0. The second-order valence-corrected chi connectivity index (χ2v) is 5.84. The smallest absolute Gasteiger partial charge is 0.0500 e. The van der Waals surface area contributed by atoms with Crippen LogP contribution in [0.2, 0.25) is 0 Å². The number of nitrogens with two attached hydrogens (primary N) is 1. The normalized spacial score (nSPS) is 12.2. The maximum atomic E-state index is 5.78. The molecule has 0 fully saturated rings. The lowest BCUT2D eigenvalue weighted by molar-refractivity contribution is 0.551. The number of hydrogen-bond acceptors (Lipinski definition) is 3. The molecule has 1 unspecified atom stereocenters. The van der Waals surface area contributed by atoms with E-state index in [4.69, 9.17) is 5.84 Å². The number of benzene rings is 2. The predicted molar refractivity (Wildman–Crippen MR) is 90.5 cm³/mol. The van der Waals surface area contributed by atoms with Gasteiger partial charge in [0.1, 0.15) is 0 Å². The first-order chi connectivity index (χ1) is 10.0. The summed E-state index contributed by atoms with van der Waals surface area (Å²) in [6, 6.07) is 15.2. The molecule has 112 valence electrons. The molecular weight excluding hydrogens is 258 g/mol. The molecule has 21 heavy (non-hydrogen) atoms. The molecule has 0 aromatic heterocycles. The van der Waals surface area contributed by atoms with Gasteiger partial charge in [-0.15, -0.1) is 0 Å². The Hall–Kier alpha value is -1.84. The molecule has 0 amide bonds. The molecule has 2 rings (SSSR count). The number of nitrogens with zero attached hydrogens (tertiary/aromatic N) is 1. The molecule has 3 heteroatoms. The Morgan fingerprint density at radius 2 is 1.71 bits per heavy atom. The Kier molecular flexibility index (Phi) is 4.99. The van der Waals surface area contributed by atoms with Crippen molar-refractivity contribution < 1.29 is 0 Å². The van der Waals surface area contributed by atoms with Crippen LogP contribution in [0.3, 0.4) is 0 Å². The summed E-state index contributed by atoms with van der Waals surface area (Å²) in [6.45, 7) is 4.27. The fourth-order valence-electron chi connectivity index (χ4n) is 2.52. The molecule has 0 aliphatic carbocycles. The second kappa shape index (κ2) is 6.74. The molecule has 2 aromatic rings. The minimum Gasteiger partial charge on any atom is -0.378 e. The summed E-state index contributed by atoms with van der Waals surface area (Å²) in [7, 11) is 4.09. The highest BCUT2D eigenvalue weighted by atomic mass is 15.2. The van der Waals surface area contributed by atoms with Gasteiger partial charge in [0.2, 0.25) is 0 Å². The van der Waals surface area contributed by atoms with Crippen molar-refractivity contribution in [2.24, 2.45) is 5.84 Å². The molecule has 0 heterocycles. The van der Waals surface area contributed by atoms with Crippen molar-refractivity contribution in [3.8, 4) is 0 Å². The van der Waals surface area contributed by atoms with Gasteiger partial charge in [-0.3, -0.25) is 11.3 Å². The van der Waals surface area contributed by atoms with E-state index in [-0.39, 0.29) is 6.04 Å². The molecule has 3 nitrogen and oxygen atoms in total. The zero-order valence-electron chi connectivity index (χ0n) is 13.4. The third kappa shape index (κ3) is 3.84. The Morgan fingerprint density at radius 3 is 2.29 bits per heavy atom. The van der Waals surface area contributed by atoms with E-state index in [9.17, 15) is 0 Å². The van der Waals surface area contributed by atoms with Gasteiger partial charge < -0.3 is 4.90 Å². The molecule has 0 aliphatic heterocycles.